The van der Waals surface area contributed by atoms with Crippen molar-refractivity contribution >= 4 is 40.9 Å². The third-order valence-electron chi connectivity index (χ3n) is 5.86. The molecular weight excluding hydrogens is 433 g/mol. The number of likely N-dealkylation sites (tertiary alicyclic amines) is 1. The summed E-state index contributed by atoms with van der Waals surface area (Å²) in [5, 5.41) is 5.55. The van der Waals surface area contributed by atoms with Gasteiger partial charge in [0.25, 0.3) is 5.91 Å². The van der Waals surface area contributed by atoms with Crippen molar-refractivity contribution < 1.29 is 23.9 Å². The minimum absolute atomic E-state index is 0.118. The number of carbonyl (C=O) groups is 3. The number of hydrogen-bond acceptors (Lipinski definition) is 6. The molecule has 0 unspecified atom stereocenters. The fraction of sp³-hybridized carbons (Fsp3) is 0.550. The van der Waals surface area contributed by atoms with Crippen LogP contribution in [0.3, 0.4) is 0 Å². The van der Waals surface area contributed by atoms with E-state index in [0.717, 1.165) is 26.1 Å². The number of nitrogens with one attached hydrogen (secondary N) is 2. The summed E-state index contributed by atoms with van der Waals surface area (Å²) in [5.41, 5.74) is -0.463. The zero-order chi connectivity index (χ0) is 21.3. The Bertz CT molecular complexity index is 884. The van der Waals surface area contributed by atoms with Crippen molar-refractivity contribution in [2.75, 3.05) is 32.8 Å². The second-order valence-corrected chi connectivity index (χ2v) is 8.57. The number of ether oxygens (including phenoxy) is 2. The Morgan fingerprint density at radius 3 is 2.57 bits per heavy atom. The summed E-state index contributed by atoms with van der Waals surface area (Å²) in [6, 6.07) is 1.16. The molecule has 4 rings (SSSR count). The van der Waals surface area contributed by atoms with Crippen molar-refractivity contribution in [3.63, 3.8) is 0 Å². The Hall–Kier alpha value is -2.03. The van der Waals surface area contributed by atoms with E-state index in [1.165, 1.54) is 0 Å². The number of piperidine rings is 1. The molecule has 10 heteroatoms. The SMILES string of the molecule is O=C1NC(=O)C2(CCN(CCCCC(=O)c3c(Cl)c(Cl)cc4c3OCCO4)CC2)N1. The summed E-state index contributed by atoms with van der Waals surface area (Å²) in [5.74, 6) is 0.473. The van der Waals surface area contributed by atoms with Gasteiger partial charge in [0.15, 0.2) is 17.3 Å². The first-order chi connectivity index (χ1) is 14.4. The first-order valence-corrected chi connectivity index (χ1v) is 10.8. The number of halogens is 2. The number of unbranched alkanes of at least 4 members (excludes halogenated alkanes) is 1. The van der Waals surface area contributed by atoms with E-state index < -0.39 is 11.6 Å². The van der Waals surface area contributed by atoms with Gasteiger partial charge in [0.2, 0.25) is 0 Å². The maximum atomic E-state index is 12.8. The molecule has 3 heterocycles. The molecule has 30 heavy (non-hydrogen) atoms. The molecule has 1 aromatic carbocycles. The van der Waals surface area contributed by atoms with E-state index in [1.54, 1.807) is 6.07 Å². The Balaban J connectivity index is 1.27. The summed E-state index contributed by atoms with van der Waals surface area (Å²) >= 11 is 12.4. The molecule has 3 aliphatic heterocycles. The first-order valence-electron chi connectivity index (χ1n) is 10.1. The highest BCUT2D eigenvalue weighted by molar-refractivity contribution is 6.44. The van der Waals surface area contributed by atoms with Gasteiger partial charge >= 0.3 is 6.03 Å². The van der Waals surface area contributed by atoms with Crippen molar-refractivity contribution in [1.82, 2.24) is 15.5 Å². The van der Waals surface area contributed by atoms with E-state index >= 15 is 0 Å². The zero-order valence-electron chi connectivity index (χ0n) is 16.4. The number of hydrogen-bond donors (Lipinski definition) is 2. The van der Waals surface area contributed by atoms with Crippen molar-refractivity contribution in [2.45, 2.75) is 37.6 Å². The fourth-order valence-corrected chi connectivity index (χ4v) is 4.61. The van der Waals surface area contributed by atoms with Gasteiger partial charge in [-0.15, -0.1) is 0 Å². The molecule has 0 aromatic heterocycles. The van der Waals surface area contributed by atoms with Gasteiger partial charge in [-0.3, -0.25) is 14.9 Å². The lowest BCUT2D eigenvalue weighted by Crippen LogP contribution is -2.54. The number of imide groups is 1. The van der Waals surface area contributed by atoms with Crippen molar-refractivity contribution in [3.05, 3.63) is 21.7 Å². The molecule has 2 saturated heterocycles. The van der Waals surface area contributed by atoms with Crippen LogP contribution in [0.5, 0.6) is 11.5 Å². The maximum Gasteiger partial charge on any atom is 0.322 e. The molecule has 2 fully saturated rings. The molecule has 0 atom stereocenters. The highest BCUT2D eigenvalue weighted by atomic mass is 35.5. The number of carbonyl (C=O) groups excluding carboxylic acids is 3. The monoisotopic (exact) mass is 455 g/mol. The van der Waals surface area contributed by atoms with Gasteiger partial charge in [-0.25, -0.2) is 4.79 Å². The molecular formula is C20H23Cl2N3O5. The van der Waals surface area contributed by atoms with Crippen LogP contribution in [0.4, 0.5) is 4.79 Å². The van der Waals surface area contributed by atoms with Crippen LogP contribution in [-0.2, 0) is 4.79 Å². The number of nitrogens with zero attached hydrogens (tertiary/aromatic N) is 1. The minimum Gasteiger partial charge on any atom is -0.486 e. The second-order valence-electron chi connectivity index (χ2n) is 7.78. The zero-order valence-corrected chi connectivity index (χ0v) is 17.9. The van der Waals surface area contributed by atoms with Crippen LogP contribution in [0.25, 0.3) is 0 Å². The molecule has 1 aromatic rings. The average molecular weight is 456 g/mol. The molecule has 3 aliphatic rings. The quantitative estimate of drug-likeness (QED) is 0.388. The van der Waals surface area contributed by atoms with Crippen LogP contribution in [0.15, 0.2) is 6.07 Å². The third kappa shape index (κ3) is 4.08. The van der Waals surface area contributed by atoms with Crippen LogP contribution in [-0.4, -0.2) is 61.0 Å². The van der Waals surface area contributed by atoms with E-state index in [0.29, 0.717) is 56.0 Å². The summed E-state index contributed by atoms with van der Waals surface area (Å²) in [6.07, 6.45) is 3.02. The molecule has 0 saturated carbocycles. The molecule has 2 N–H and O–H groups in total. The van der Waals surface area contributed by atoms with E-state index in [1.807, 2.05) is 0 Å². The van der Waals surface area contributed by atoms with Crippen LogP contribution >= 0.6 is 23.2 Å². The summed E-state index contributed by atoms with van der Waals surface area (Å²) < 4.78 is 11.1. The van der Waals surface area contributed by atoms with E-state index in [2.05, 4.69) is 15.5 Å². The van der Waals surface area contributed by atoms with Gasteiger partial charge in [-0.05, 0) is 32.2 Å². The van der Waals surface area contributed by atoms with Gasteiger partial charge in [-0.1, -0.05) is 23.2 Å². The van der Waals surface area contributed by atoms with Crippen molar-refractivity contribution in [1.29, 1.82) is 0 Å². The molecule has 162 valence electrons. The Kier molecular flexibility index (Phi) is 6.09. The summed E-state index contributed by atoms with van der Waals surface area (Å²) in [6.45, 7) is 3.03. The Labute approximate surface area is 184 Å². The maximum absolute atomic E-state index is 12.8. The summed E-state index contributed by atoms with van der Waals surface area (Å²) in [7, 11) is 0. The number of rotatable bonds is 6. The third-order valence-corrected chi connectivity index (χ3v) is 6.64. The van der Waals surface area contributed by atoms with E-state index in [9.17, 15) is 14.4 Å². The van der Waals surface area contributed by atoms with Gasteiger partial charge < -0.3 is 19.7 Å². The lowest BCUT2D eigenvalue weighted by Gasteiger charge is -2.36. The fourth-order valence-electron chi connectivity index (χ4n) is 4.17. The van der Waals surface area contributed by atoms with Crippen LogP contribution in [0, 0.1) is 0 Å². The number of urea groups is 1. The lowest BCUT2D eigenvalue weighted by molar-refractivity contribution is -0.125. The van der Waals surface area contributed by atoms with Crippen molar-refractivity contribution in [3.8, 4) is 11.5 Å². The summed E-state index contributed by atoms with van der Waals surface area (Å²) in [4.78, 5) is 38.5. The lowest BCUT2D eigenvalue weighted by atomic mass is 9.87. The molecule has 3 amide bonds. The van der Waals surface area contributed by atoms with Crippen molar-refractivity contribution in [2.24, 2.45) is 0 Å². The van der Waals surface area contributed by atoms with E-state index in [4.69, 9.17) is 32.7 Å². The van der Waals surface area contributed by atoms with Gasteiger partial charge in [0, 0.05) is 25.6 Å². The molecule has 0 bridgehead atoms. The standard InChI is InChI=1S/C20H23Cl2N3O5/c21-12-11-14-17(30-10-9-29-14)15(16(12)22)13(26)3-1-2-6-25-7-4-20(5-8-25)18(27)23-19(28)24-20/h11H,1-10H2,(H2,23,24,27,28). The second kappa shape index (κ2) is 8.61. The topological polar surface area (TPSA) is 97.0 Å². The molecule has 0 aliphatic carbocycles. The number of Topliss-reactive ketones (excluding diaryl/α,β-unsaturated/α-hetero) is 1. The number of fused-ring (bicyclic) bond motifs is 1. The van der Waals surface area contributed by atoms with Crippen LogP contribution in [0.1, 0.15) is 42.5 Å². The highest BCUT2D eigenvalue weighted by Crippen LogP contribution is 2.43. The van der Waals surface area contributed by atoms with Gasteiger partial charge in [-0.2, -0.15) is 0 Å². The Morgan fingerprint density at radius 2 is 1.87 bits per heavy atom. The smallest absolute Gasteiger partial charge is 0.322 e. The van der Waals surface area contributed by atoms with Crippen LogP contribution < -0.4 is 20.1 Å². The largest absolute Gasteiger partial charge is 0.486 e. The molecule has 8 nitrogen and oxygen atoms in total. The van der Waals surface area contributed by atoms with Gasteiger partial charge in [0.05, 0.1) is 15.6 Å². The normalized spacial score (nSPS) is 20.2. The predicted molar refractivity (Wildman–Crippen MR) is 111 cm³/mol. The van der Waals surface area contributed by atoms with Crippen LogP contribution in [0.2, 0.25) is 10.0 Å². The number of amides is 3. The number of ketones is 1. The number of benzene rings is 1. The van der Waals surface area contributed by atoms with Gasteiger partial charge in [0.1, 0.15) is 18.8 Å². The van der Waals surface area contributed by atoms with E-state index in [-0.39, 0.29) is 21.7 Å². The minimum atomic E-state index is -0.756. The average Bonchev–Trinajstić information content (AvgIpc) is 3.00. The first kappa shape index (κ1) is 21.2. The molecule has 1 spiro atoms. The highest BCUT2D eigenvalue weighted by Gasteiger charge is 2.47. The molecule has 0 radical (unpaired) electrons. The Morgan fingerprint density at radius 1 is 1.13 bits per heavy atom. The predicted octanol–water partition coefficient (Wildman–Crippen LogP) is 2.79.